The highest BCUT2D eigenvalue weighted by molar-refractivity contribution is 5.74. The van der Waals surface area contributed by atoms with Gasteiger partial charge in [-0.05, 0) is 37.8 Å². The molecule has 1 saturated heterocycles. The number of nitrogens with zero attached hydrogens (tertiary/aromatic N) is 3. The number of piperidine rings is 1. The van der Waals surface area contributed by atoms with Gasteiger partial charge in [0.15, 0.2) is 0 Å². The van der Waals surface area contributed by atoms with E-state index in [9.17, 15) is 4.79 Å². The molecule has 7 nitrogen and oxygen atoms in total. The zero-order valence-electron chi connectivity index (χ0n) is 14.6. The van der Waals surface area contributed by atoms with Crippen molar-refractivity contribution in [2.24, 2.45) is 0 Å². The van der Waals surface area contributed by atoms with Gasteiger partial charge < -0.3 is 15.0 Å². The molecule has 7 heteroatoms. The van der Waals surface area contributed by atoms with Crippen LogP contribution in [0.3, 0.4) is 0 Å². The molecule has 3 rings (SSSR count). The Labute approximate surface area is 147 Å². The van der Waals surface area contributed by atoms with Crippen molar-refractivity contribution in [3.05, 3.63) is 42.0 Å². The van der Waals surface area contributed by atoms with E-state index in [2.05, 4.69) is 20.5 Å². The Hall–Kier alpha value is -2.57. The molecule has 2 N–H and O–H groups in total. The van der Waals surface area contributed by atoms with Crippen LogP contribution in [0.2, 0.25) is 0 Å². The van der Waals surface area contributed by atoms with Crippen LogP contribution in [-0.4, -0.2) is 52.4 Å². The molecule has 0 aliphatic carbocycles. The van der Waals surface area contributed by atoms with Crippen molar-refractivity contribution in [2.75, 3.05) is 26.2 Å². The zero-order chi connectivity index (χ0) is 17.5. The molecular formula is C18H25N5O2. The summed E-state index contributed by atoms with van der Waals surface area (Å²) in [5.41, 5.74) is 1.12. The summed E-state index contributed by atoms with van der Waals surface area (Å²) in [6.07, 6.45) is 4.12. The van der Waals surface area contributed by atoms with Crippen molar-refractivity contribution in [1.82, 2.24) is 25.4 Å². The Balaban J connectivity index is 1.43. The second-order valence-corrected chi connectivity index (χ2v) is 6.15. The van der Waals surface area contributed by atoms with E-state index in [-0.39, 0.29) is 6.03 Å². The first-order valence-electron chi connectivity index (χ1n) is 8.86. The number of urea groups is 1. The molecule has 1 aliphatic rings. The molecule has 0 bridgehead atoms. The van der Waals surface area contributed by atoms with Crippen LogP contribution in [0.1, 0.15) is 37.1 Å². The third kappa shape index (κ3) is 4.49. The maximum atomic E-state index is 12.3. The number of para-hydroxylation sites is 1. The van der Waals surface area contributed by atoms with E-state index in [1.807, 2.05) is 36.1 Å². The molecule has 0 spiro atoms. The van der Waals surface area contributed by atoms with Crippen molar-refractivity contribution >= 4 is 6.03 Å². The first kappa shape index (κ1) is 17.3. The third-order valence-corrected chi connectivity index (χ3v) is 4.55. The number of H-pyrrole nitrogens is 1. The van der Waals surface area contributed by atoms with Gasteiger partial charge in [0.05, 0.1) is 6.61 Å². The Morgan fingerprint density at radius 2 is 2.16 bits per heavy atom. The fraction of sp³-hybridized carbons (Fsp3) is 0.500. The lowest BCUT2D eigenvalue weighted by Crippen LogP contribution is -2.44. The Morgan fingerprint density at radius 3 is 2.88 bits per heavy atom. The van der Waals surface area contributed by atoms with E-state index in [1.54, 1.807) is 0 Å². The summed E-state index contributed by atoms with van der Waals surface area (Å²) in [5.74, 6) is 2.18. The molecule has 2 amide bonds. The van der Waals surface area contributed by atoms with E-state index in [0.717, 1.165) is 49.5 Å². The van der Waals surface area contributed by atoms with Gasteiger partial charge in [0, 0.05) is 25.6 Å². The molecule has 0 atom stereocenters. The average Bonchev–Trinajstić information content (AvgIpc) is 3.18. The van der Waals surface area contributed by atoms with E-state index < -0.39 is 0 Å². The van der Waals surface area contributed by atoms with Crippen LogP contribution in [0, 0.1) is 0 Å². The predicted octanol–water partition coefficient (Wildman–Crippen LogP) is 2.34. The molecule has 2 aromatic rings. The first-order chi connectivity index (χ1) is 12.3. The minimum atomic E-state index is 0.00455. The number of likely N-dealkylation sites (tertiary alicyclic amines) is 1. The van der Waals surface area contributed by atoms with E-state index >= 15 is 0 Å². The number of aromatic amines is 1. The SMILES string of the molecule is CCOc1ccccc1CCNC(=O)N1CCC(c2ncn[nH]2)CC1. The number of amides is 2. The van der Waals surface area contributed by atoms with Crippen molar-refractivity contribution in [1.29, 1.82) is 0 Å². The predicted molar refractivity (Wildman–Crippen MR) is 94.6 cm³/mol. The van der Waals surface area contributed by atoms with Crippen LogP contribution in [0.15, 0.2) is 30.6 Å². The summed E-state index contributed by atoms with van der Waals surface area (Å²) in [6, 6.07) is 7.97. The van der Waals surface area contributed by atoms with E-state index in [1.165, 1.54) is 6.33 Å². The minimum absolute atomic E-state index is 0.00455. The van der Waals surface area contributed by atoms with Gasteiger partial charge in [0.1, 0.15) is 17.9 Å². The Bertz CT molecular complexity index is 666. The van der Waals surface area contributed by atoms with E-state index in [4.69, 9.17) is 4.74 Å². The number of carbonyl (C=O) groups is 1. The van der Waals surface area contributed by atoms with Crippen molar-refractivity contribution in [3.8, 4) is 5.75 Å². The highest BCUT2D eigenvalue weighted by Crippen LogP contribution is 2.24. The van der Waals surface area contributed by atoms with Crippen LogP contribution in [-0.2, 0) is 6.42 Å². The number of aromatic nitrogens is 3. The van der Waals surface area contributed by atoms with Crippen LogP contribution in [0.4, 0.5) is 4.79 Å². The molecule has 0 saturated carbocycles. The fourth-order valence-corrected chi connectivity index (χ4v) is 3.19. The molecule has 2 heterocycles. The van der Waals surface area contributed by atoms with Gasteiger partial charge in [-0.1, -0.05) is 18.2 Å². The summed E-state index contributed by atoms with van der Waals surface area (Å²) in [5, 5.41) is 9.84. The number of ether oxygens (including phenoxy) is 1. The highest BCUT2D eigenvalue weighted by Gasteiger charge is 2.25. The van der Waals surface area contributed by atoms with Crippen LogP contribution >= 0.6 is 0 Å². The number of hydrogen-bond donors (Lipinski definition) is 2. The minimum Gasteiger partial charge on any atom is -0.494 e. The molecule has 1 aromatic heterocycles. The summed E-state index contributed by atoms with van der Waals surface area (Å²) in [7, 11) is 0. The van der Waals surface area contributed by atoms with Crippen molar-refractivity contribution in [3.63, 3.8) is 0 Å². The molecule has 1 aliphatic heterocycles. The van der Waals surface area contributed by atoms with Crippen LogP contribution in [0.25, 0.3) is 0 Å². The number of benzene rings is 1. The highest BCUT2D eigenvalue weighted by atomic mass is 16.5. The maximum absolute atomic E-state index is 12.3. The zero-order valence-corrected chi connectivity index (χ0v) is 14.6. The van der Waals surface area contributed by atoms with Gasteiger partial charge in [-0.15, -0.1) is 0 Å². The molecule has 1 fully saturated rings. The number of carbonyl (C=O) groups excluding carboxylic acids is 1. The van der Waals surface area contributed by atoms with Gasteiger partial charge in [-0.2, -0.15) is 5.10 Å². The molecule has 25 heavy (non-hydrogen) atoms. The summed E-state index contributed by atoms with van der Waals surface area (Å²) in [6.45, 7) is 4.70. The van der Waals surface area contributed by atoms with Gasteiger partial charge in [-0.25, -0.2) is 9.78 Å². The standard InChI is InChI=1S/C18H25N5O2/c1-2-25-16-6-4-3-5-14(16)7-10-19-18(24)23-11-8-15(9-12-23)17-20-13-21-22-17/h3-6,13,15H,2,7-12H2,1H3,(H,19,24)(H,20,21,22). The molecular weight excluding hydrogens is 318 g/mol. The quantitative estimate of drug-likeness (QED) is 0.843. The largest absolute Gasteiger partial charge is 0.494 e. The summed E-state index contributed by atoms with van der Waals surface area (Å²) >= 11 is 0. The van der Waals surface area contributed by atoms with Crippen molar-refractivity contribution in [2.45, 2.75) is 32.1 Å². The second-order valence-electron chi connectivity index (χ2n) is 6.15. The van der Waals surface area contributed by atoms with Gasteiger partial charge in [0.2, 0.25) is 0 Å². The second kappa shape index (κ2) is 8.50. The van der Waals surface area contributed by atoms with Crippen molar-refractivity contribution < 1.29 is 9.53 Å². The van der Waals surface area contributed by atoms with E-state index in [0.29, 0.717) is 19.1 Å². The smallest absolute Gasteiger partial charge is 0.317 e. The lowest BCUT2D eigenvalue weighted by atomic mass is 9.96. The molecule has 0 unspecified atom stereocenters. The van der Waals surface area contributed by atoms with Gasteiger partial charge in [-0.3, -0.25) is 5.10 Å². The van der Waals surface area contributed by atoms with Gasteiger partial charge in [0.25, 0.3) is 0 Å². The topological polar surface area (TPSA) is 83.1 Å². The third-order valence-electron chi connectivity index (χ3n) is 4.55. The first-order valence-corrected chi connectivity index (χ1v) is 8.86. The summed E-state index contributed by atoms with van der Waals surface area (Å²) < 4.78 is 5.62. The lowest BCUT2D eigenvalue weighted by Gasteiger charge is -2.31. The van der Waals surface area contributed by atoms with Crippen LogP contribution in [0.5, 0.6) is 5.75 Å². The fourth-order valence-electron chi connectivity index (χ4n) is 3.19. The number of hydrogen-bond acceptors (Lipinski definition) is 4. The van der Waals surface area contributed by atoms with Crippen LogP contribution < -0.4 is 10.1 Å². The number of rotatable bonds is 6. The normalized spacial score (nSPS) is 15.2. The van der Waals surface area contributed by atoms with Gasteiger partial charge >= 0.3 is 6.03 Å². The Kier molecular flexibility index (Phi) is 5.87. The average molecular weight is 343 g/mol. The molecule has 1 aromatic carbocycles. The molecule has 0 radical (unpaired) electrons. The summed E-state index contributed by atoms with van der Waals surface area (Å²) in [4.78, 5) is 18.4. The lowest BCUT2D eigenvalue weighted by molar-refractivity contribution is 0.180. The maximum Gasteiger partial charge on any atom is 0.317 e. The Morgan fingerprint density at radius 1 is 1.36 bits per heavy atom. The monoisotopic (exact) mass is 343 g/mol. The number of nitrogens with one attached hydrogen (secondary N) is 2. The molecule has 134 valence electrons.